The minimum Gasteiger partial charge on any atom is -0.443 e. The standard InChI is InChI=1S/C19H18Br2N2O2/c1-19(2,3)25-18(24)23(15-6-4-13(12-22)5-7-15)16-8-9-17(21)14(10-16)11-20/h4-10H,11H2,1-3H3. The molecule has 4 nitrogen and oxygen atoms in total. The van der Waals surface area contributed by atoms with E-state index in [-0.39, 0.29) is 0 Å². The van der Waals surface area contributed by atoms with Gasteiger partial charge in [0.25, 0.3) is 0 Å². The van der Waals surface area contributed by atoms with Crippen molar-refractivity contribution >= 4 is 49.3 Å². The first-order chi connectivity index (χ1) is 11.7. The Balaban J connectivity index is 2.51. The molecule has 25 heavy (non-hydrogen) atoms. The van der Waals surface area contributed by atoms with Gasteiger partial charge in [0.15, 0.2) is 0 Å². The van der Waals surface area contributed by atoms with E-state index < -0.39 is 11.7 Å². The van der Waals surface area contributed by atoms with Gasteiger partial charge in [-0.05, 0) is 68.8 Å². The van der Waals surface area contributed by atoms with Crippen LogP contribution in [0, 0.1) is 11.3 Å². The van der Waals surface area contributed by atoms with Crippen molar-refractivity contribution in [3.63, 3.8) is 0 Å². The molecule has 0 fully saturated rings. The van der Waals surface area contributed by atoms with E-state index in [2.05, 4.69) is 37.9 Å². The van der Waals surface area contributed by atoms with Crippen molar-refractivity contribution in [1.82, 2.24) is 0 Å². The zero-order valence-corrected chi connectivity index (χ0v) is 17.4. The number of nitriles is 1. The minimum atomic E-state index is -0.616. The second-order valence-corrected chi connectivity index (χ2v) is 7.80. The lowest BCUT2D eigenvalue weighted by atomic mass is 10.1. The average molecular weight is 466 g/mol. The summed E-state index contributed by atoms with van der Waals surface area (Å²) in [5.74, 6) is 0. The van der Waals surface area contributed by atoms with Crippen molar-refractivity contribution in [2.24, 2.45) is 0 Å². The molecule has 0 aliphatic heterocycles. The Bertz CT molecular complexity index is 806. The molecule has 0 saturated heterocycles. The lowest BCUT2D eigenvalue weighted by Crippen LogP contribution is -2.33. The number of amides is 1. The number of rotatable bonds is 3. The first-order valence-electron chi connectivity index (χ1n) is 7.63. The van der Waals surface area contributed by atoms with Gasteiger partial charge in [0.1, 0.15) is 5.60 Å². The molecule has 0 aromatic heterocycles. The van der Waals surface area contributed by atoms with Crippen molar-refractivity contribution in [1.29, 1.82) is 5.26 Å². The summed E-state index contributed by atoms with van der Waals surface area (Å²) in [4.78, 5) is 14.3. The first kappa shape index (κ1) is 19.5. The lowest BCUT2D eigenvalue weighted by molar-refractivity contribution is 0.0599. The SMILES string of the molecule is CC(C)(C)OC(=O)N(c1ccc(C#N)cc1)c1ccc(Br)c(CBr)c1. The van der Waals surface area contributed by atoms with Gasteiger partial charge in [0.2, 0.25) is 0 Å². The van der Waals surface area contributed by atoms with Crippen LogP contribution in [0.15, 0.2) is 46.9 Å². The molecule has 0 saturated carbocycles. The second-order valence-electron chi connectivity index (χ2n) is 6.38. The number of carbonyl (C=O) groups excluding carboxylic acids is 1. The van der Waals surface area contributed by atoms with Gasteiger partial charge in [-0.1, -0.05) is 31.9 Å². The normalized spacial score (nSPS) is 10.9. The molecule has 2 rings (SSSR count). The van der Waals surface area contributed by atoms with Gasteiger partial charge >= 0.3 is 6.09 Å². The van der Waals surface area contributed by atoms with Crippen LogP contribution in [0.25, 0.3) is 0 Å². The predicted molar refractivity (Wildman–Crippen MR) is 106 cm³/mol. The van der Waals surface area contributed by atoms with E-state index in [1.807, 2.05) is 39.0 Å². The molecule has 0 aliphatic rings. The van der Waals surface area contributed by atoms with Gasteiger partial charge in [0.05, 0.1) is 23.0 Å². The fourth-order valence-electron chi connectivity index (χ4n) is 2.16. The maximum atomic E-state index is 12.8. The van der Waals surface area contributed by atoms with E-state index >= 15 is 0 Å². The Kier molecular flexibility index (Phi) is 6.26. The smallest absolute Gasteiger partial charge is 0.419 e. The van der Waals surface area contributed by atoms with Crippen molar-refractivity contribution in [3.05, 3.63) is 58.1 Å². The molecule has 0 N–H and O–H groups in total. The number of alkyl halides is 1. The van der Waals surface area contributed by atoms with Gasteiger partial charge in [-0.25, -0.2) is 9.69 Å². The van der Waals surface area contributed by atoms with Crippen LogP contribution in [-0.2, 0) is 10.1 Å². The summed E-state index contributed by atoms with van der Waals surface area (Å²) in [5, 5.41) is 9.63. The van der Waals surface area contributed by atoms with E-state index in [0.717, 1.165) is 10.0 Å². The van der Waals surface area contributed by atoms with Gasteiger partial charge in [-0.3, -0.25) is 0 Å². The molecule has 130 valence electrons. The number of ether oxygens (including phenoxy) is 1. The molecule has 0 spiro atoms. The molecule has 0 aliphatic carbocycles. The predicted octanol–water partition coefficient (Wildman–Crippen LogP) is 6.29. The Hall–Kier alpha value is -1.84. The number of hydrogen-bond acceptors (Lipinski definition) is 3. The summed E-state index contributed by atoms with van der Waals surface area (Å²) in [6.45, 7) is 5.48. The number of carbonyl (C=O) groups is 1. The molecule has 0 unspecified atom stereocenters. The number of nitrogens with zero attached hydrogens (tertiary/aromatic N) is 2. The third-order valence-electron chi connectivity index (χ3n) is 3.26. The van der Waals surface area contributed by atoms with E-state index in [9.17, 15) is 4.79 Å². The molecule has 2 aromatic carbocycles. The quantitative estimate of drug-likeness (QED) is 0.500. The van der Waals surface area contributed by atoms with Gasteiger partial charge in [-0.2, -0.15) is 5.26 Å². The lowest BCUT2D eigenvalue weighted by Gasteiger charge is -2.28. The maximum absolute atomic E-state index is 12.8. The Morgan fingerprint density at radius 3 is 2.28 bits per heavy atom. The molecule has 1 amide bonds. The summed E-state index contributed by atoms with van der Waals surface area (Å²) in [6.07, 6.45) is -0.472. The third kappa shape index (κ3) is 5.07. The van der Waals surface area contributed by atoms with E-state index in [0.29, 0.717) is 22.3 Å². The summed E-state index contributed by atoms with van der Waals surface area (Å²) in [6, 6.07) is 14.6. The first-order valence-corrected chi connectivity index (χ1v) is 9.54. The summed E-state index contributed by atoms with van der Waals surface area (Å²) in [5.41, 5.74) is 2.26. The number of hydrogen-bond donors (Lipinski definition) is 0. The minimum absolute atomic E-state index is 0.472. The summed E-state index contributed by atoms with van der Waals surface area (Å²) >= 11 is 6.95. The Labute approximate surface area is 164 Å². The van der Waals surface area contributed by atoms with Crippen molar-refractivity contribution < 1.29 is 9.53 Å². The average Bonchev–Trinajstić information content (AvgIpc) is 2.55. The number of anilines is 2. The zero-order valence-electron chi connectivity index (χ0n) is 14.2. The van der Waals surface area contributed by atoms with Crippen LogP contribution in [0.3, 0.4) is 0 Å². The molecular weight excluding hydrogens is 448 g/mol. The Morgan fingerprint density at radius 2 is 1.76 bits per heavy atom. The highest BCUT2D eigenvalue weighted by molar-refractivity contribution is 9.10. The highest BCUT2D eigenvalue weighted by atomic mass is 79.9. The van der Waals surface area contributed by atoms with E-state index in [1.54, 1.807) is 24.3 Å². The summed E-state index contributed by atoms with van der Waals surface area (Å²) < 4.78 is 6.52. The van der Waals surface area contributed by atoms with Crippen molar-refractivity contribution in [3.8, 4) is 6.07 Å². The van der Waals surface area contributed by atoms with Crippen molar-refractivity contribution in [2.45, 2.75) is 31.7 Å². The maximum Gasteiger partial charge on any atom is 0.419 e. The molecule has 0 heterocycles. The Morgan fingerprint density at radius 1 is 1.16 bits per heavy atom. The van der Waals surface area contributed by atoms with Crippen LogP contribution in [0.1, 0.15) is 31.9 Å². The molecule has 2 aromatic rings. The molecule has 0 atom stereocenters. The fourth-order valence-corrected chi connectivity index (χ4v) is 3.38. The van der Waals surface area contributed by atoms with E-state index in [4.69, 9.17) is 10.00 Å². The summed E-state index contributed by atoms with van der Waals surface area (Å²) in [7, 11) is 0. The highest BCUT2D eigenvalue weighted by Gasteiger charge is 2.25. The van der Waals surface area contributed by atoms with Crippen molar-refractivity contribution in [2.75, 3.05) is 4.90 Å². The van der Waals surface area contributed by atoms with Crippen LogP contribution in [-0.4, -0.2) is 11.7 Å². The monoisotopic (exact) mass is 464 g/mol. The molecule has 6 heteroatoms. The molecule has 0 radical (unpaired) electrons. The van der Waals surface area contributed by atoms with Crippen LogP contribution >= 0.6 is 31.9 Å². The van der Waals surface area contributed by atoms with Crippen LogP contribution in [0.4, 0.5) is 16.2 Å². The van der Waals surface area contributed by atoms with Crippen LogP contribution in [0.5, 0.6) is 0 Å². The second kappa shape index (κ2) is 8.03. The van der Waals surface area contributed by atoms with Crippen LogP contribution in [0.2, 0.25) is 0 Å². The third-order valence-corrected chi connectivity index (χ3v) is 4.64. The van der Waals surface area contributed by atoms with Gasteiger partial charge < -0.3 is 4.74 Å². The van der Waals surface area contributed by atoms with E-state index in [1.165, 1.54) is 4.90 Å². The van der Waals surface area contributed by atoms with Gasteiger partial charge in [0, 0.05) is 9.80 Å². The van der Waals surface area contributed by atoms with Crippen LogP contribution < -0.4 is 4.90 Å². The zero-order chi connectivity index (χ0) is 18.6. The number of halogens is 2. The highest BCUT2D eigenvalue weighted by Crippen LogP contribution is 2.32. The molecular formula is C19H18Br2N2O2. The fraction of sp³-hybridized carbons (Fsp3) is 0.263. The largest absolute Gasteiger partial charge is 0.443 e. The molecule has 0 bridgehead atoms. The topological polar surface area (TPSA) is 53.3 Å². The number of benzene rings is 2. The van der Waals surface area contributed by atoms with Gasteiger partial charge in [-0.15, -0.1) is 0 Å².